The highest BCUT2D eigenvalue weighted by Crippen LogP contribution is 2.01. The van der Waals surface area contributed by atoms with Crippen molar-refractivity contribution in [2.45, 2.75) is 12.5 Å². The number of anilines is 1. The van der Waals surface area contributed by atoms with Crippen LogP contribution in [0, 0.1) is 0 Å². The van der Waals surface area contributed by atoms with Gasteiger partial charge < -0.3 is 20.5 Å². The van der Waals surface area contributed by atoms with Crippen LogP contribution in [0.1, 0.15) is 5.69 Å². The molecule has 17 heavy (non-hydrogen) atoms. The van der Waals surface area contributed by atoms with Crippen molar-refractivity contribution in [3.8, 4) is 0 Å². The number of aromatic nitrogens is 1. The molecule has 0 fully saturated rings. The van der Waals surface area contributed by atoms with E-state index >= 15 is 0 Å². The van der Waals surface area contributed by atoms with Crippen molar-refractivity contribution in [3.63, 3.8) is 0 Å². The van der Waals surface area contributed by atoms with Crippen LogP contribution in [0.5, 0.6) is 0 Å². The standard InChI is InChI=1S/C12H21N3O2/c1-16-9-12(17-2)8-14-6-5-11-4-3-10(13)7-15-11/h3-4,7,12,14H,5-6,8-9,13H2,1-2H3. The molecule has 0 aliphatic heterocycles. The summed E-state index contributed by atoms with van der Waals surface area (Å²) in [6, 6.07) is 3.81. The molecule has 1 unspecified atom stereocenters. The largest absolute Gasteiger partial charge is 0.397 e. The molecule has 5 nitrogen and oxygen atoms in total. The summed E-state index contributed by atoms with van der Waals surface area (Å²) in [5.74, 6) is 0. The minimum atomic E-state index is 0.0966. The monoisotopic (exact) mass is 239 g/mol. The van der Waals surface area contributed by atoms with Crippen LogP contribution in [0.25, 0.3) is 0 Å². The average Bonchev–Trinajstić information content (AvgIpc) is 2.35. The van der Waals surface area contributed by atoms with E-state index in [-0.39, 0.29) is 6.10 Å². The minimum Gasteiger partial charge on any atom is -0.397 e. The van der Waals surface area contributed by atoms with Crippen molar-refractivity contribution < 1.29 is 9.47 Å². The lowest BCUT2D eigenvalue weighted by Crippen LogP contribution is -2.32. The van der Waals surface area contributed by atoms with Gasteiger partial charge in [0, 0.05) is 39.4 Å². The molecule has 3 N–H and O–H groups in total. The third kappa shape index (κ3) is 5.63. The summed E-state index contributed by atoms with van der Waals surface area (Å²) in [5, 5.41) is 3.31. The fraction of sp³-hybridized carbons (Fsp3) is 0.583. The van der Waals surface area contributed by atoms with Gasteiger partial charge in [-0.1, -0.05) is 0 Å². The first-order valence-electron chi connectivity index (χ1n) is 5.69. The van der Waals surface area contributed by atoms with E-state index in [0.717, 1.165) is 25.2 Å². The summed E-state index contributed by atoms with van der Waals surface area (Å²) in [7, 11) is 3.36. The third-order valence-corrected chi connectivity index (χ3v) is 2.46. The Labute approximate surface area is 102 Å². The highest BCUT2D eigenvalue weighted by Gasteiger charge is 2.05. The maximum absolute atomic E-state index is 5.56. The van der Waals surface area contributed by atoms with Gasteiger partial charge in [0.1, 0.15) is 0 Å². The number of rotatable bonds is 8. The van der Waals surface area contributed by atoms with Gasteiger partial charge in [-0.25, -0.2) is 0 Å². The molecular weight excluding hydrogens is 218 g/mol. The lowest BCUT2D eigenvalue weighted by Gasteiger charge is -2.14. The van der Waals surface area contributed by atoms with Crippen LogP contribution in [-0.4, -0.2) is 45.0 Å². The Hall–Kier alpha value is -1.17. The molecule has 0 amide bonds. The molecule has 0 spiro atoms. The van der Waals surface area contributed by atoms with Gasteiger partial charge in [-0.05, 0) is 12.1 Å². The van der Waals surface area contributed by atoms with Gasteiger partial charge in [0.15, 0.2) is 0 Å². The Morgan fingerprint density at radius 2 is 2.24 bits per heavy atom. The van der Waals surface area contributed by atoms with Crippen molar-refractivity contribution in [3.05, 3.63) is 24.0 Å². The first-order chi connectivity index (χ1) is 8.26. The van der Waals surface area contributed by atoms with Crippen molar-refractivity contribution >= 4 is 5.69 Å². The van der Waals surface area contributed by atoms with Crippen LogP contribution in [-0.2, 0) is 15.9 Å². The summed E-state index contributed by atoms with van der Waals surface area (Å²) >= 11 is 0. The zero-order chi connectivity index (χ0) is 12.5. The highest BCUT2D eigenvalue weighted by molar-refractivity contribution is 5.34. The summed E-state index contributed by atoms with van der Waals surface area (Å²) in [6.07, 6.45) is 2.65. The molecule has 0 aliphatic carbocycles. The summed E-state index contributed by atoms with van der Waals surface area (Å²) < 4.78 is 10.3. The van der Waals surface area contributed by atoms with Gasteiger partial charge in [0.25, 0.3) is 0 Å². The molecule has 96 valence electrons. The van der Waals surface area contributed by atoms with Crippen LogP contribution >= 0.6 is 0 Å². The fourth-order valence-corrected chi connectivity index (χ4v) is 1.46. The number of nitrogens with zero attached hydrogens (tertiary/aromatic N) is 1. The van der Waals surface area contributed by atoms with Crippen LogP contribution in [0.2, 0.25) is 0 Å². The summed E-state index contributed by atoms with van der Waals surface area (Å²) in [5.41, 5.74) is 7.29. The van der Waals surface area contributed by atoms with Crippen LogP contribution in [0.15, 0.2) is 18.3 Å². The van der Waals surface area contributed by atoms with Crippen molar-refractivity contribution in [1.82, 2.24) is 10.3 Å². The van der Waals surface area contributed by atoms with Gasteiger partial charge >= 0.3 is 0 Å². The second kappa shape index (κ2) is 8.00. The molecule has 0 aromatic carbocycles. The number of nitrogen functional groups attached to an aromatic ring is 1. The Balaban J connectivity index is 2.17. The highest BCUT2D eigenvalue weighted by atomic mass is 16.5. The first-order valence-corrected chi connectivity index (χ1v) is 5.69. The lowest BCUT2D eigenvalue weighted by molar-refractivity contribution is 0.0291. The van der Waals surface area contributed by atoms with E-state index in [1.165, 1.54) is 0 Å². The zero-order valence-corrected chi connectivity index (χ0v) is 10.5. The van der Waals surface area contributed by atoms with Crippen molar-refractivity contribution in [2.75, 3.05) is 39.6 Å². The van der Waals surface area contributed by atoms with Gasteiger partial charge in [-0.3, -0.25) is 4.98 Å². The quantitative estimate of drug-likeness (QED) is 0.645. The Morgan fingerprint density at radius 1 is 1.41 bits per heavy atom. The molecule has 0 radical (unpaired) electrons. The van der Waals surface area contributed by atoms with E-state index in [9.17, 15) is 0 Å². The number of pyridine rings is 1. The second-order valence-electron chi connectivity index (χ2n) is 3.85. The average molecular weight is 239 g/mol. The maximum atomic E-state index is 5.56. The minimum absolute atomic E-state index is 0.0966. The number of nitrogens with one attached hydrogen (secondary N) is 1. The number of hydrogen-bond acceptors (Lipinski definition) is 5. The van der Waals surface area contributed by atoms with Crippen LogP contribution in [0.4, 0.5) is 5.69 Å². The van der Waals surface area contributed by atoms with Gasteiger partial charge in [0.05, 0.1) is 24.6 Å². The third-order valence-electron chi connectivity index (χ3n) is 2.46. The van der Waals surface area contributed by atoms with E-state index in [1.54, 1.807) is 20.4 Å². The summed E-state index contributed by atoms with van der Waals surface area (Å²) in [6.45, 7) is 2.24. The van der Waals surface area contributed by atoms with E-state index in [2.05, 4.69) is 10.3 Å². The molecule has 5 heteroatoms. The van der Waals surface area contributed by atoms with Gasteiger partial charge in [0.2, 0.25) is 0 Å². The van der Waals surface area contributed by atoms with E-state index in [0.29, 0.717) is 12.3 Å². The topological polar surface area (TPSA) is 69.4 Å². The van der Waals surface area contributed by atoms with E-state index in [4.69, 9.17) is 15.2 Å². The predicted octanol–water partition coefficient (Wildman–Crippen LogP) is 0.457. The fourth-order valence-electron chi connectivity index (χ4n) is 1.46. The Bertz CT molecular complexity index is 303. The summed E-state index contributed by atoms with van der Waals surface area (Å²) in [4.78, 5) is 4.23. The molecule has 0 bridgehead atoms. The molecule has 1 aromatic heterocycles. The lowest BCUT2D eigenvalue weighted by atomic mass is 10.2. The van der Waals surface area contributed by atoms with Crippen molar-refractivity contribution in [1.29, 1.82) is 0 Å². The second-order valence-corrected chi connectivity index (χ2v) is 3.85. The number of methoxy groups -OCH3 is 2. The molecule has 1 atom stereocenters. The molecule has 0 saturated carbocycles. The Kier molecular flexibility index (Phi) is 6.54. The van der Waals surface area contributed by atoms with Gasteiger partial charge in [-0.15, -0.1) is 0 Å². The normalized spacial score (nSPS) is 12.6. The molecule has 1 rings (SSSR count). The number of ether oxygens (including phenoxy) is 2. The van der Waals surface area contributed by atoms with E-state index in [1.807, 2.05) is 12.1 Å². The molecular formula is C12H21N3O2. The predicted molar refractivity (Wildman–Crippen MR) is 67.9 cm³/mol. The first kappa shape index (κ1) is 13.9. The van der Waals surface area contributed by atoms with Gasteiger partial charge in [-0.2, -0.15) is 0 Å². The zero-order valence-electron chi connectivity index (χ0n) is 10.5. The number of nitrogens with two attached hydrogens (primary N) is 1. The van der Waals surface area contributed by atoms with Crippen molar-refractivity contribution in [2.24, 2.45) is 0 Å². The molecule has 1 heterocycles. The molecule has 0 aliphatic rings. The number of hydrogen-bond donors (Lipinski definition) is 2. The maximum Gasteiger partial charge on any atom is 0.0928 e. The molecule has 1 aromatic rings. The Morgan fingerprint density at radius 3 is 2.82 bits per heavy atom. The molecule has 0 saturated heterocycles. The van der Waals surface area contributed by atoms with Crippen LogP contribution < -0.4 is 11.1 Å². The SMILES string of the molecule is COCC(CNCCc1ccc(N)cn1)OC. The van der Waals surface area contributed by atoms with Crippen LogP contribution in [0.3, 0.4) is 0 Å². The van der Waals surface area contributed by atoms with E-state index < -0.39 is 0 Å². The smallest absolute Gasteiger partial charge is 0.0928 e.